The maximum absolute atomic E-state index is 12.0. The van der Waals surface area contributed by atoms with Crippen molar-refractivity contribution in [3.63, 3.8) is 0 Å². The summed E-state index contributed by atoms with van der Waals surface area (Å²) < 4.78 is 6.28. The van der Waals surface area contributed by atoms with Gasteiger partial charge in [-0.1, -0.05) is 61.3 Å². The molecule has 2 saturated heterocycles. The lowest BCUT2D eigenvalue weighted by Crippen LogP contribution is -2.64. The molecule has 4 rings (SSSR count). The summed E-state index contributed by atoms with van der Waals surface area (Å²) in [4.78, 5) is 13.8. The van der Waals surface area contributed by atoms with E-state index >= 15 is 0 Å². The molecule has 6 heteroatoms. The van der Waals surface area contributed by atoms with E-state index < -0.39 is 11.3 Å². The van der Waals surface area contributed by atoms with Crippen LogP contribution in [-0.2, 0) is 9.53 Å². The summed E-state index contributed by atoms with van der Waals surface area (Å²) >= 11 is 12.6. The second kappa shape index (κ2) is 8.49. The van der Waals surface area contributed by atoms with Crippen LogP contribution in [0, 0.1) is 5.41 Å². The van der Waals surface area contributed by atoms with Crippen LogP contribution in [0.25, 0.3) is 0 Å². The SMILES string of the molecule is CC[C@H]1[C@H](C)O[C@@]2(O)N1[C@H](c1ccc(Cl)cc1)[C@@H](c1cccc(Cl)c1)C[C@]2(C)CC=O. The van der Waals surface area contributed by atoms with E-state index in [-0.39, 0.29) is 30.5 Å². The van der Waals surface area contributed by atoms with Gasteiger partial charge in [-0.05, 0) is 55.2 Å². The Morgan fingerprint density at radius 2 is 1.87 bits per heavy atom. The van der Waals surface area contributed by atoms with Crippen LogP contribution < -0.4 is 0 Å². The van der Waals surface area contributed by atoms with Gasteiger partial charge in [-0.25, -0.2) is 4.90 Å². The number of ether oxygens (including phenoxy) is 1. The van der Waals surface area contributed by atoms with Gasteiger partial charge >= 0.3 is 0 Å². The predicted molar refractivity (Wildman–Crippen MR) is 123 cm³/mol. The van der Waals surface area contributed by atoms with E-state index in [1.165, 1.54) is 0 Å². The third-order valence-electron chi connectivity index (χ3n) is 7.18. The van der Waals surface area contributed by atoms with Crippen molar-refractivity contribution in [1.82, 2.24) is 4.90 Å². The van der Waals surface area contributed by atoms with Gasteiger partial charge in [0, 0.05) is 39.9 Å². The number of carbonyl (C=O) groups excluding carboxylic acids is 1. The van der Waals surface area contributed by atoms with Crippen molar-refractivity contribution in [3.8, 4) is 0 Å². The zero-order valence-corrected chi connectivity index (χ0v) is 19.6. The molecular weight excluding hydrogens is 433 g/mol. The molecule has 2 aliphatic heterocycles. The van der Waals surface area contributed by atoms with Gasteiger partial charge in [0.15, 0.2) is 0 Å². The summed E-state index contributed by atoms with van der Waals surface area (Å²) in [5.41, 5.74) is 1.36. The topological polar surface area (TPSA) is 49.8 Å². The molecule has 4 nitrogen and oxygen atoms in total. The lowest BCUT2D eigenvalue weighted by atomic mass is 9.65. The van der Waals surface area contributed by atoms with Crippen molar-refractivity contribution >= 4 is 29.5 Å². The number of piperidine rings is 1. The minimum atomic E-state index is -1.55. The summed E-state index contributed by atoms with van der Waals surface area (Å²) in [7, 11) is 0. The fraction of sp³-hybridized carbons (Fsp3) is 0.480. The molecule has 2 aromatic carbocycles. The molecule has 0 saturated carbocycles. The number of aldehydes is 1. The Labute approximate surface area is 194 Å². The average Bonchev–Trinajstić information content (AvgIpc) is 3.00. The molecular formula is C25H29Cl2NO3. The van der Waals surface area contributed by atoms with Gasteiger partial charge < -0.3 is 14.6 Å². The first kappa shape index (κ1) is 22.8. The van der Waals surface area contributed by atoms with E-state index in [2.05, 4.69) is 17.9 Å². The number of fused-ring (bicyclic) bond motifs is 1. The third-order valence-corrected chi connectivity index (χ3v) is 7.66. The number of rotatable bonds is 5. The van der Waals surface area contributed by atoms with Crippen molar-refractivity contribution in [1.29, 1.82) is 0 Å². The third kappa shape index (κ3) is 3.73. The van der Waals surface area contributed by atoms with Crippen molar-refractivity contribution < 1.29 is 14.6 Å². The van der Waals surface area contributed by atoms with E-state index in [9.17, 15) is 9.90 Å². The van der Waals surface area contributed by atoms with E-state index in [1.54, 1.807) is 0 Å². The van der Waals surface area contributed by atoms with E-state index in [0.717, 1.165) is 23.8 Å². The van der Waals surface area contributed by atoms with Crippen molar-refractivity contribution in [3.05, 3.63) is 69.7 Å². The highest BCUT2D eigenvalue weighted by molar-refractivity contribution is 6.30. The van der Waals surface area contributed by atoms with Crippen LogP contribution in [0.1, 0.15) is 63.1 Å². The van der Waals surface area contributed by atoms with E-state index in [4.69, 9.17) is 27.9 Å². The Bertz CT molecular complexity index is 952. The van der Waals surface area contributed by atoms with Gasteiger partial charge in [0.05, 0.1) is 6.10 Å². The van der Waals surface area contributed by atoms with Crippen molar-refractivity contribution in [2.24, 2.45) is 5.41 Å². The maximum atomic E-state index is 12.0. The molecule has 6 atom stereocenters. The van der Waals surface area contributed by atoms with Crippen molar-refractivity contribution in [2.75, 3.05) is 0 Å². The lowest BCUT2D eigenvalue weighted by molar-refractivity contribution is -0.345. The number of benzene rings is 2. The van der Waals surface area contributed by atoms with Gasteiger partial charge in [-0.15, -0.1) is 0 Å². The molecule has 0 aromatic heterocycles. The van der Waals surface area contributed by atoms with Gasteiger partial charge in [-0.3, -0.25) is 0 Å². The normalized spacial score (nSPS) is 35.7. The second-order valence-corrected chi connectivity index (χ2v) is 9.98. The Balaban J connectivity index is 1.94. The van der Waals surface area contributed by atoms with Gasteiger partial charge in [0.1, 0.15) is 6.29 Å². The largest absolute Gasteiger partial charge is 0.353 e. The van der Waals surface area contributed by atoms with Gasteiger partial charge in [-0.2, -0.15) is 0 Å². The first-order valence-corrected chi connectivity index (χ1v) is 11.6. The van der Waals surface area contributed by atoms with Crippen LogP contribution in [0.15, 0.2) is 48.5 Å². The second-order valence-electron chi connectivity index (χ2n) is 9.11. The standard InChI is InChI=1S/C25H29Cl2NO3/c1-4-22-16(2)31-25(30)24(3,12-13-29)15-21(18-6-5-7-20(27)14-18)23(28(22)25)17-8-10-19(26)11-9-17/h5-11,13-14,16,21-23,30H,4,12,15H2,1-3H3/t16-,21+,22-,23+,24-,25+/m0/s1. The summed E-state index contributed by atoms with van der Waals surface area (Å²) in [5, 5.41) is 13.4. The van der Waals surface area contributed by atoms with E-state index in [0.29, 0.717) is 16.5 Å². The molecule has 2 heterocycles. The van der Waals surface area contributed by atoms with Crippen LogP contribution in [0.5, 0.6) is 0 Å². The molecule has 1 N–H and O–H groups in total. The Hall–Kier alpha value is -1.43. The molecule has 0 spiro atoms. The van der Waals surface area contributed by atoms with Crippen molar-refractivity contribution in [2.45, 2.75) is 70.1 Å². The smallest absolute Gasteiger partial charge is 0.234 e. The quantitative estimate of drug-likeness (QED) is 0.557. The Morgan fingerprint density at radius 3 is 2.48 bits per heavy atom. The number of hydrogen-bond acceptors (Lipinski definition) is 4. The maximum Gasteiger partial charge on any atom is 0.234 e. The molecule has 2 aliphatic rings. The molecule has 0 aliphatic carbocycles. The lowest BCUT2D eigenvalue weighted by Gasteiger charge is -2.57. The summed E-state index contributed by atoms with van der Waals surface area (Å²) in [5.74, 6) is -1.54. The molecule has 0 radical (unpaired) electrons. The monoisotopic (exact) mass is 461 g/mol. The predicted octanol–water partition coefficient (Wildman–Crippen LogP) is 5.96. The molecule has 2 fully saturated rings. The summed E-state index contributed by atoms with van der Waals surface area (Å²) in [6.07, 6.45) is 2.31. The fourth-order valence-electron chi connectivity index (χ4n) is 5.64. The Morgan fingerprint density at radius 1 is 1.16 bits per heavy atom. The van der Waals surface area contributed by atoms with Crippen LogP contribution in [0.4, 0.5) is 0 Å². The van der Waals surface area contributed by atoms with Gasteiger partial charge in [0.2, 0.25) is 5.91 Å². The molecule has 31 heavy (non-hydrogen) atoms. The highest BCUT2D eigenvalue weighted by Gasteiger charge is 2.66. The highest BCUT2D eigenvalue weighted by atomic mass is 35.5. The number of carbonyl (C=O) groups is 1. The average molecular weight is 462 g/mol. The molecule has 0 bridgehead atoms. The zero-order chi connectivity index (χ0) is 22.4. The van der Waals surface area contributed by atoms with Crippen LogP contribution in [0.3, 0.4) is 0 Å². The fourth-order valence-corrected chi connectivity index (χ4v) is 5.97. The molecule has 166 valence electrons. The first-order chi connectivity index (χ1) is 14.7. The van der Waals surface area contributed by atoms with Crippen LogP contribution in [-0.4, -0.2) is 34.3 Å². The molecule has 2 aromatic rings. The minimum absolute atomic E-state index is 0.00126. The summed E-state index contributed by atoms with van der Waals surface area (Å²) in [6, 6.07) is 15.5. The number of aliphatic hydroxyl groups is 1. The molecule has 0 unspecified atom stereocenters. The number of halogens is 2. The van der Waals surface area contributed by atoms with Gasteiger partial charge in [0.25, 0.3) is 0 Å². The minimum Gasteiger partial charge on any atom is -0.353 e. The van der Waals surface area contributed by atoms with Crippen LogP contribution >= 0.6 is 23.2 Å². The highest BCUT2D eigenvalue weighted by Crippen LogP contribution is 2.61. The Kier molecular flexibility index (Phi) is 6.23. The molecule has 0 amide bonds. The summed E-state index contributed by atoms with van der Waals surface area (Å²) in [6.45, 7) is 6.06. The number of hydrogen-bond donors (Lipinski definition) is 1. The first-order valence-electron chi connectivity index (χ1n) is 10.9. The van der Waals surface area contributed by atoms with E-state index in [1.807, 2.05) is 56.3 Å². The number of nitrogens with zero attached hydrogens (tertiary/aromatic N) is 1. The zero-order valence-electron chi connectivity index (χ0n) is 18.1. The van der Waals surface area contributed by atoms with Crippen LogP contribution in [0.2, 0.25) is 10.0 Å².